The Hall–Kier alpha value is -0.780. The molecule has 0 aromatic carbocycles. The van der Waals surface area contributed by atoms with Gasteiger partial charge in [-0.2, -0.15) is 13.2 Å². The first-order valence-electron chi connectivity index (χ1n) is 7.36. The monoisotopic (exact) mass is 294 g/mol. The van der Waals surface area contributed by atoms with E-state index < -0.39 is 18.6 Å². The van der Waals surface area contributed by atoms with Gasteiger partial charge in [0.25, 0.3) is 0 Å². The SMILES string of the molecule is CCCC1NC(C(C)CC)C(=O)N1C(C)CC(F)(F)F. The van der Waals surface area contributed by atoms with Crippen molar-refractivity contribution in [2.24, 2.45) is 5.92 Å². The smallest absolute Gasteiger partial charge is 0.323 e. The van der Waals surface area contributed by atoms with Crippen molar-refractivity contribution in [3.8, 4) is 0 Å². The van der Waals surface area contributed by atoms with Crippen molar-refractivity contribution in [1.82, 2.24) is 10.2 Å². The lowest BCUT2D eigenvalue weighted by molar-refractivity contribution is -0.153. The molecule has 0 aromatic rings. The van der Waals surface area contributed by atoms with Gasteiger partial charge >= 0.3 is 6.18 Å². The number of halogens is 3. The zero-order chi connectivity index (χ0) is 15.5. The van der Waals surface area contributed by atoms with Crippen LogP contribution in [0.5, 0.6) is 0 Å². The Morgan fingerprint density at radius 1 is 1.30 bits per heavy atom. The van der Waals surface area contributed by atoms with E-state index >= 15 is 0 Å². The van der Waals surface area contributed by atoms with Crippen molar-refractivity contribution in [1.29, 1.82) is 0 Å². The summed E-state index contributed by atoms with van der Waals surface area (Å²) in [4.78, 5) is 13.8. The van der Waals surface area contributed by atoms with Gasteiger partial charge < -0.3 is 4.90 Å². The van der Waals surface area contributed by atoms with Gasteiger partial charge in [-0.05, 0) is 19.3 Å². The minimum absolute atomic E-state index is 0.130. The summed E-state index contributed by atoms with van der Waals surface area (Å²) in [5.74, 6) is -0.0560. The fourth-order valence-corrected chi connectivity index (χ4v) is 2.77. The molecule has 0 spiro atoms. The van der Waals surface area contributed by atoms with E-state index in [4.69, 9.17) is 0 Å². The molecule has 4 atom stereocenters. The Morgan fingerprint density at radius 2 is 1.90 bits per heavy atom. The van der Waals surface area contributed by atoms with Gasteiger partial charge in [0.05, 0.1) is 18.6 Å². The molecule has 1 fully saturated rings. The van der Waals surface area contributed by atoms with Gasteiger partial charge in [-0.25, -0.2) is 0 Å². The van der Waals surface area contributed by atoms with Gasteiger partial charge in [0.1, 0.15) is 0 Å². The fourth-order valence-electron chi connectivity index (χ4n) is 2.77. The van der Waals surface area contributed by atoms with Crippen LogP contribution in [0.15, 0.2) is 0 Å². The summed E-state index contributed by atoms with van der Waals surface area (Å²) in [6, 6.07) is -1.17. The van der Waals surface area contributed by atoms with E-state index in [0.717, 1.165) is 12.8 Å². The van der Waals surface area contributed by atoms with E-state index in [1.165, 1.54) is 11.8 Å². The number of alkyl halides is 3. The molecular formula is C14H25F3N2O. The number of carbonyl (C=O) groups is 1. The summed E-state index contributed by atoms with van der Waals surface area (Å²) in [5, 5.41) is 3.22. The highest BCUT2D eigenvalue weighted by Gasteiger charge is 2.45. The number of nitrogens with one attached hydrogen (secondary N) is 1. The molecular weight excluding hydrogens is 269 g/mol. The molecule has 4 unspecified atom stereocenters. The summed E-state index contributed by atoms with van der Waals surface area (Å²) in [5.41, 5.74) is 0. The maximum atomic E-state index is 12.6. The molecule has 0 bridgehead atoms. The van der Waals surface area contributed by atoms with Crippen LogP contribution in [0.1, 0.15) is 53.4 Å². The highest BCUT2D eigenvalue weighted by molar-refractivity contribution is 5.85. The van der Waals surface area contributed by atoms with Gasteiger partial charge in [0.15, 0.2) is 0 Å². The lowest BCUT2D eigenvalue weighted by Gasteiger charge is -2.30. The van der Waals surface area contributed by atoms with Crippen molar-refractivity contribution in [2.75, 3.05) is 0 Å². The Kier molecular flexibility index (Phi) is 5.86. The van der Waals surface area contributed by atoms with Gasteiger partial charge in [0.2, 0.25) is 5.91 Å². The molecule has 20 heavy (non-hydrogen) atoms. The Morgan fingerprint density at radius 3 is 2.35 bits per heavy atom. The van der Waals surface area contributed by atoms with Crippen LogP contribution in [0, 0.1) is 5.92 Å². The van der Waals surface area contributed by atoms with Crippen LogP contribution in [-0.2, 0) is 4.79 Å². The number of amides is 1. The van der Waals surface area contributed by atoms with Crippen molar-refractivity contribution < 1.29 is 18.0 Å². The molecule has 1 saturated heterocycles. The highest BCUT2D eigenvalue weighted by atomic mass is 19.4. The molecule has 6 heteroatoms. The first-order chi connectivity index (χ1) is 9.21. The third-order valence-corrected chi connectivity index (χ3v) is 4.01. The van der Waals surface area contributed by atoms with E-state index in [0.29, 0.717) is 6.42 Å². The number of carbonyl (C=O) groups excluding carboxylic acids is 1. The topological polar surface area (TPSA) is 32.3 Å². The number of rotatable bonds is 6. The molecule has 1 heterocycles. The van der Waals surface area contributed by atoms with Crippen molar-refractivity contribution in [2.45, 2.75) is 77.8 Å². The largest absolute Gasteiger partial charge is 0.391 e. The van der Waals surface area contributed by atoms with Crippen molar-refractivity contribution >= 4 is 5.91 Å². The highest BCUT2D eigenvalue weighted by Crippen LogP contribution is 2.29. The first kappa shape index (κ1) is 17.3. The maximum Gasteiger partial charge on any atom is 0.391 e. The van der Waals surface area contributed by atoms with Crippen LogP contribution >= 0.6 is 0 Å². The van der Waals surface area contributed by atoms with Crippen LogP contribution in [0.25, 0.3) is 0 Å². The molecule has 1 N–H and O–H groups in total. The summed E-state index contributed by atoms with van der Waals surface area (Å²) >= 11 is 0. The molecule has 0 aromatic heterocycles. The van der Waals surface area contributed by atoms with Crippen LogP contribution in [0.2, 0.25) is 0 Å². The third kappa shape index (κ3) is 4.11. The van der Waals surface area contributed by atoms with E-state index in [1.807, 2.05) is 20.8 Å². The Balaban J connectivity index is 2.86. The van der Waals surface area contributed by atoms with Gasteiger partial charge in [0, 0.05) is 6.04 Å². The van der Waals surface area contributed by atoms with Crippen molar-refractivity contribution in [3.63, 3.8) is 0 Å². The standard InChI is InChI=1S/C14H25F3N2O/c1-5-7-11-18-12(9(3)6-2)13(20)19(11)10(4)8-14(15,16)17/h9-12,18H,5-8H2,1-4H3. The Labute approximate surface area is 118 Å². The summed E-state index contributed by atoms with van der Waals surface area (Å²) in [6.45, 7) is 7.39. The van der Waals surface area contributed by atoms with Gasteiger partial charge in [-0.15, -0.1) is 0 Å². The second-order valence-corrected chi connectivity index (χ2v) is 5.75. The lowest BCUT2D eigenvalue weighted by atomic mass is 9.99. The fraction of sp³-hybridized carbons (Fsp3) is 0.929. The minimum Gasteiger partial charge on any atom is -0.323 e. The van der Waals surface area contributed by atoms with Crippen molar-refractivity contribution in [3.05, 3.63) is 0 Å². The summed E-state index contributed by atoms with van der Waals surface area (Å²) in [6.07, 6.45) is -3.14. The third-order valence-electron chi connectivity index (χ3n) is 4.01. The normalized spacial score (nSPS) is 26.9. The molecule has 118 valence electrons. The van der Waals surface area contributed by atoms with Gasteiger partial charge in [-0.1, -0.05) is 33.6 Å². The summed E-state index contributed by atoms with van der Waals surface area (Å²) in [7, 11) is 0. The molecule has 1 aliphatic heterocycles. The lowest BCUT2D eigenvalue weighted by Crippen LogP contribution is -2.45. The molecule has 1 aliphatic rings. The number of hydrogen-bond acceptors (Lipinski definition) is 2. The zero-order valence-electron chi connectivity index (χ0n) is 12.6. The first-order valence-corrected chi connectivity index (χ1v) is 7.36. The predicted molar refractivity (Wildman–Crippen MR) is 72.1 cm³/mol. The second kappa shape index (κ2) is 6.78. The molecule has 3 nitrogen and oxygen atoms in total. The second-order valence-electron chi connectivity index (χ2n) is 5.75. The van der Waals surface area contributed by atoms with E-state index in [2.05, 4.69) is 5.32 Å². The zero-order valence-corrected chi connectivity index (χ0v) is 12.6. The van der Waals surface area contributed by atoms with Crippen LogP contribution in [-0.4, -0.2) is 35.2 Å². The molecule has 0 radical (unpaired) electrons. The molecule has 0 saturated carbocycles. The average molecular weight is 294 g/mol. The van der Waals surface area contributed by atoms with Gasteiger partial charge in [-0.3, -0.25) is 10.1 Å². The van der Waals surface area contributed by atoms with Crippen LogP contribution < -0.4 is 5.32 Å². The molecule has 1 amide bonds. The number of nitrogens with zero attached hydrogens (tertiary/aromatic N) is 1. The van der Waals surface area contributed by atoms with Crippen LogP contribution in [0.4, 0.5) is 13.2 Å². The predicted octanol–water partition coefficient (Wildman–Crippen LogP) is 3.30. The quantitative estimate of drug-likeness (QED) is 0.815. The number of hydrogen-bond donors (Lipinski definition) is 1. The molecule has 1 rings (SSSR count). The van der Waals surface area contributed by atoms with E-state index in [1.54, 1.807) is 0 Å². The maximum absolute atomic E-state index is 12.6. The van der Waals surface area contributed by atoms with Crippen LogP contribution in [0.3, 0.4) is 0 Å². The Bertz CT molecular complexity index is 333. The summed E-state index contributed by atoms with van der Waals surface area (Å²) < 4.78 is 37.7. The molecule has 0 aliphatic carbocycles. The average Bonchev–Trinajstić information content (AvgIpc) is 2.63. The van der Waals surface area contributed by atoms with E-state index in [-0.39, 0.29) is 24.0 Å². The van der Waals surface area contributed by atoms with E-state index in [9.17, 15) is 18.0 Å². The minimum atomic E-state index is -4.25.